The first-order valence-electron chi connectivity index (χ1n) is 11.4. The number of halogens is 2. The second kappa shape index (κ2) is 10.4. The average molecular weight is 550 g/mol. The summed E-state index contributed by atoms with van der Waals surface area (Å²) in [5.74, 6) is -1.08. The fraction of sp³-hybridized carbons (Fsp3) is 0.107. The number of carbonyl (C=O) groups excluding carboxylic acids is 2. The first-order chi connectivity index (χ1) is 17.8. The maximum atomic E-state index is 13.3. The minimum absolute atomic E-state index is 0.366. The van der Waals surface area contributed by atoms with Crippen molar-refractivity contribution in [3.63, 3.8) is 0 Å². The van der Waals surface area contributed by atoms with Crippen molar-refractivity contribution in [1.82, 2.24) is 9.78 Å². The van der Waals surface area contributed by atoms with Gasteiger partial charge in [-0.2, -0.15) is 5.10 Å². The SMILES string of the molecule is Cc1ccc(NC(=O)[C@@H](OC(=O)c2cc3c(C)nn(-c4ccc(Cl)cc4)c3s2)c2ccccc2)cc1Cl. The summed E-state index contributed by atoms with van der Waals surface area (Å²) in [6.07, 6.45) is -1.16. The van der Waals surface area contributed by atoms with E-state index in [0.29, 0.717) is 26.2 Å². The van der Waals surface area contributed by atoms with Gasteiger partial charge in [0, 0.05) is 26.7 Å². The Morgan fingerprint density at radius 1 is 0.973 bits per heavy atom. The lowest BCUT2D eigenvalue weighted by atomic mass is 10.1. The van der Waals surface area contributed by atoms with Gasteiger partial charge in [-0.05, 0) is 61.9 Å². The van der Waals surface area contributed by atoms with E-state index in [1.807, 2.05) is 38.1 Å². The van der Waals surface area contributed by atoms with Crippen LogP contribution in [-0.2, 0) is 9.53 Å². The number of rotatable bonds is 6. The summed E-state index contributed by atoms with van der Waals surface area (Å²) in [6.45, 7) is 3.75. The highest BCUT2D eigenvalue weighted by Crippen LogP contribution is 2.32. The number of nitrogens with zero attached hydrogens (tertiary/aromatic N) is 2. The van der Waals surface area contributed by atoms with E-state index in [1.165, 1.54) is 11.3 Å². The molecule has 6 nitrogen and oxygen atoms in total. The highest BCUT2D eigenvalue weighted by atomic mass is 35.5. The van der Waals surface area contributed by atoms with E-state index in [1.54, 1.807) is 59.3 Å². The van der Waals surface area contributed by atoms with Gasteiger partial charge in [0.05, 0.1) is 11.4 Å². The van der Waals surface area contributed by atoms with E-state index in [2.05, 4.69) is 10.4 Å². The second-order valence-corrected chi connectivity index (χ2v) is 10.3. The first kappa shape index (κ1) is 25.0. The first-order valence-corrected chi connectivity index (χ1v) is 13.0. The molecule has 0 saturated carbocycles. The van der Waals surface area contributed by atoms with Crippen LogP contribution in [0, 0.1) is 13.8 Å². The van der Waals surface area contributed by atoms with Crippen molar-refractivity contribution in [3.8, 4) is 5.69 Å². The van der Waals surface area contributed by atoms with Crippen LogP contribution in [0.5, 0.6) is 0 Å². The molecule has 2 aromatic heterocycles. The molecular formula is C28H21Cl2N3O3S. The van der Waals surface area contributed by atoms with Crippen LogP contribution in [0.25, 0.3) is 15.9 Å². The lowest BCUT2D eigenvalue weighted by molar-refractivity contribution is -0.125. The zero-order valence-electron chi connectivity index (χ0n) is 19.9. The van der Waals surface area contributed by atoms with E-state index >= 15 is 0 Å². The standard InChI is InChI=1S/C28H21Cl2N3O3S/c1-16-8-11-20(14-23(16)30)31-26(34)25(18-6-4-3-5-7-18)36-28(35)24-15-22-17(2)32-33(27(22)37-24)21-12-9-19(29)10-13-21/h3-15,25H,1-2H3,(H,31,34)/t25-/m0/s1. The van der Waals surface area contributed by atoms with E-state index < -0.39 is 18.0 Å². The average Bonchev–Trinajstić information content (AvgIpc) is 3.46. The molecule has 0 unspecified atom stereocenters. The van der Waals surface area contributed by atoms with Crippen molar-refractivity contribution in [3.05, 3.63) is 111 Å². The molecule has 1 N–H and O–H groups in total. The van der Waals surface area contributed by atoms with Crippen LogP contribution in [0.3, 0.4) is 0 Å². The molecule has 0 aliphatic carbocycles. The Balaban J connectivity index is 1.44. The number of carbonyl (C=O) groups is 2. The van der Waals surface area contributed by atoms with Gasteiger partial charge in [-0.3, -0.25) is 4.79 Å². The van der Waals surface area contributed by atoms with E-state index in [9.17, 15) is 9.59 Å². The maximum absolute atomic E-state index is 13.3. The molecule has 0 aliphatic heterocycles. The van der Waals surface area contributed by atoms with Gasteiger partial charge in [0.1, 0.15) is 9.71 Å². The number of nitrogens with one attached hydrogen (secondary N) is 1. The van der Waals surface area contributed by atoms with Crippen LogP contribution in [-0.4, -0.2) is 21.7 Å². The summed E-state index contributed by atoms with van der Waals surface area (Å²) in [4.78, 5) is 27.7. The van der Waals surface area contributed by atoms with Crippen LogP contribution in [0.1, 0.15) is 32.6 Å². The van der Waals surface area contributed by atoms with Crippen LogP contribution < -0.4 is 5.32 Å². The van der Waals surface area contributed by atoms with Crippen molar-refractivity contribution >= 4 is 62.3 Å². The lowest BCUT2D eigenvalue weighted by Crippen LogP contribution is -2.25. The number of hydrogen-bond acceptors (Lipinski definition) is 5. The van der Waals surface area contributed by atoms with Crippen molar-refractivity contribution < 1.29 is 14.3 Å². The van der Waals surface area contributed by atoms with Crippen molar-refractivity contribution in [2.24, 2.45) is 0 Å². The number of ether oxygens (including phenoxy) is 1. The van der Waals surface area contributed by atoms with Gasteiger partial charge >= 0.3 is 5.97 Å². The third kappa shape index (κ3) is 5.25. The molecular weight excluding hydrogens is 529 g/mol. The molecule has 0 aliphatic rings. The molecule has 0 fully saturated rings. The minimum atomic E-state index is -1.16. The molecule has 5 aromatic rings. The van der Waals surface area contributed by atoms with Crippen LogP contribution in [0.15, 0.2) is 78.9 Å². The van der Waals surface area contributed by atoms with Crippen LogP contribution >= 0.6 is 34.5 Å². The largest absolute Gasteiger partial charge is 0.443 e. The summed E-state index contributed by atoms with van der Waals surface area (Å²) in [7, 11) is 0. The summed E-state index contributed by atoms with van der Waals surface area (Å²) in [5.41, 5.74) is 3.55. The number of anilines is 1. The van der Waals surface area contributed by atoms with Gasteiger partial charge in [0.25, 0.3) is 5.91 Å². The smallest absolute Gasteiger partial charge is 0.349 e. The third-order valence-electron chi connectivity index (χ3n) is 5.82. The van der Waals surface area contributed by atoms with Gasteiger partial charge in [0.2, 0.25) is 6.10 Å². The number of aryl methyl sites for hydroxylation is 2. The summed E-state index contributed by atoms with van der Waals surface area (Å²) >= 11 is 13.5. The Morgan fingerprint density at radius 3 is 2.41 bits per heavy atom. The second-order valence-electron chi connectivity index (χ2n) is 8.45. The topological polar surface area (TPSA) is 73.2 Å². The third-order valence-corrected chi connectivity index (χ3v) is 7.57. The number of aromatic nitrogens is 2. The summed E-state index contributed by atoms with van der Waals surface area (Å²) < 4.78 is 7.56. The highest BCUT2D eigenvalue weighted by molar-refractivity contribution is 7.20. The number of esters is 1. The van der Waals surface area contributed by atoms with Crippen molar-refractivity contribution in [2.75, 3.05) is 5.32 Å². The Kier molecular flexibility index (Phi) is 7.02. The number of amides is 1. The number of fused-ring (bicyclic) bond motifs is 1. The zero-order valence-corrected chi connectivity index (χ0v) is 22.2. The zero-order chi connectivity index (χ0) is 26.1. The quantitative estimate of drug-likeness (QED) is 0.222. The molecule has 0 saturated heterocycles. The fourth-order valence-electron chi connectivity index (χ4n) is 3.85. The van der Waals surface area contributed by atoms with Crippen LogP contribution in [0.4, 0.5) is 5.69 Å². The fourth-order valence-corrected chi connectivity index (χ4v) is 5.22. The molecule has 1 amide bonds. The van der Waals surface area contributed by atoms with E-state index in [0.717, 1.165) is 27.2 Å². The monoisotopic (exact) mass is 549 g/mol. The Hall–Kier alpha value is -3.65. The van der Waals surface area contributed by atoms with Gasteiger partial charge in [-0.25, -0.2) is 9.48 Å². The molecule has 0 bridgehead atoms. The van der Waals surface area contributed by atoms with E-state index in [-0.39, 0.29) is 0 Å². The molecule has 2 heterocycles. The molecule has 3 aromatic carbocycles. The minimum Gasteiger partial charge on any atom is -0.443 e. The van der Waals surface area contributed by atoms with Gasteiger partial charge in [-0.1, -0.05) is 59.6 Å². The van der Waals surface area contributed by atoms with Gasteiger partial charge in [-0.15, -0.1) is 11.3 Å². The molecule has 9 heteroatoms. The van der Waals surface area contributed by atoms with E-state index in [4.69, 9.17) is 27.9 Å². The normalized spacial score (nSPS) is 11.9. The molecule has 0 spiro atoms. The summed E-state index contributed by atoms with van der Waals surface area (Å²) in [6, 6.07) is 23.2. The van der Waals surface area contributed by atoms with Crippen LogP contribution in [0.2, 0.25) is 10.0 Å². The predicted molar refractivity (Wildman–Crippen MR) is 148 cm³/mol. The highest BCUT2D eigenvalue weighted by Gasteiger charge is 2.27. The Labute approximate surface area is 227 Å². The molecule has 0 radical (unpaired) electrons. The summed E-state index contributed by atoms with van der Waals surface area (Å²) in [5, 5.41) is 9.40. The Bertz CT molecular complexity index is 1610. The number of hydrogen-bond donors (Lipinski definition) is 1. The Morgan fingerprint density at radius 2 is 1.70 bits per heavy atom. The molecule has 37 heavy (non-hydrogen) atoms. The van der Waals surface area contributed by atoms with Gasteiger partial charge in [0.15, 0.2) is 0 Å². The van der Waals surface area contributed by atoms with Crippen molar-refractivity contribution in [2.45, 2.75) is 20.0 Å². The van der Waals surface area contributed by atoms with Crippen molar-refractivity contribution in [1.29, 1.82) is 0 Å². The molecule has 186 valence electrons. The molecule has 5 rings (SSSR count). The molecule has 1 atom stereocenters. The number of thiophene rings is 1. The van der Waals surface area contributed by atoms with Gasteiger partial charge < -0.3 is 10.1 Å². The predicted octanol–water partition coefficient (Wildman–Crippen LogP) is 7.55. The lowest BCUT2D eigenvalue weighted by Gasteiger charge is -2.18. The number of benzene rings is 3. The maximum Gasteiger partial charge on any atom is 0.349 e.